The Balaban J connectivity index is 2.32. The summed E-state index contributed by atoms with van der Waals surface area (Å²) in [4.78, 5) is 14.0. The van der Waals surface area contributed by atoms with Crippen LogP contribution in [0, 0.1) is 5.92 Å². The van der Waals surface area contributed by atoms with Crippen LogP contribution in [0.25, 0.3) is 0 Å². The third-order valence-electron chi connectivity index (χ3n) is 3.72. The minimum atomic E-state index is 0.197. The second-order valence-corrected chi connectivity index (χ2v) is 4.90. The van der Waals surface area contributed by atoms with Gasteiger partial charge >= 0.3 is 0 Å². The van der Waals surface area contributed by atoms with E-state index in [-0.39, 0.29) is 5.91 Å². The molecular formula is C13H26N2O. The summed E-state index contributed by atoms with van der Waals surface area (Å²) in [7, 11) is 0. The fraction of sp³-hybridized carbons (Fsp3) is 0.923. The summed E-state index contributed by atoms with van der Waals surface area (Å²) in [6, 6.07) is 0.414. The average molecular weight is 226 g/mol. The first kappa shape index (κ1) is 13.5. The standard InChI is InChI=1S/C13H26N2O/c1-4-15(5-2)10-13(16)14-12-9-7-6-8-11(12)3/h11-12H,4-10H2,1-3H3,(H,14,16). The molecular weight excluding hydrogens is 200 g/mol. The van der Waals surface area contributed by atoms with Crippen LogP contribution < -0.4 is 5.32 Å². The first-order chi connectivity index (χ1) is 7.67. The molecule has 1 rings (SSSR count). The molecule has 2 unspecified atom stereocenters. The summed E-state index contributed by atoms with van der Waals surface area (Å²) < 4.78 is 0. The Labute approximate surface area is 99.6 Å². The van der Waals surface area contributed by atoms with Crippen LogP contribution in [0.5, 0.6) is 0 Å². The number of amides is 1. The molecule has 0 spiro atoms. The highest BCUT2D eigenvalue weighted by Gasteiger charge is 2.22. The molecule has 0 heterocycles. The van der Waals surface area contributed by atoms with E-state index in [1.54, 1.807) is 0 Å². The van der Waals surface area contributed by atoms with Crippen LogP contribution in [0.3, 0.4) is 0 Å². The van der Waals surface area contributed by atoms with Gasteiger partial charge in [0.15, 0.2) is 0 Å². The Kier molecular flexibility index (Phi) is 5.81. The van der Waals surface area contributed by atoms with E-state index in [9.17, 15) is 4.79 Å². The van der Waals surface area contributed by atoms with Crippen molar-refractivity contribution in [2.24, 2.45) is 5.92 Å². The zero-order chi connectivity index (χ0) is 12.0. The molecule has 1 amide bonds. The van der Waals surface area contributed by atoms with Gasteiger partial charge in [-0.15, -0.1) is 0 Å². The van der Waals surface area contributed by atoms with E-state index < -0.39 is 0 Å². The molecule has 1 aliphatic carbocycles. The third-order valence-corrected chi connectivity index (χ3v) is 3.72. The maximum absolute atomic E-state index is 11.8. The summed E-state index contributed by atoms with van der Waals surface area (Å²) in [6.45, 7) is 8.89. The van der Waals surface area contributed by atoms with Crippen LogP contribution in [0.2, 0.25) is 0 Å². The number of rotatable bonds is 5. The number of carbonyl (C=O) groups excluding carboxylic acids is 1. The molecule has 0 aromatic rings. The van der Waals surface area contributed by atoms with Crippen molar-refractivity contribution in [3.63, 3.8) is 0 Å². The summed E-state index contributed by atoms with van der Waals surface area (Å²) in [5.74, 6) is 0.844. The monoisotopic (exact) mass is 226 g/mol. The maximum atomic E-state index is 11.8. The summed E-state index contributed by atoms with van der Waals surface area (Å²) in [6.07, 6.45) is 5.01. The third kappa shape index (κ3) is 4.12. The molecule has 94 valence electrons. The Morgan fingerprint density at radius 2 is 1.88 bits per heavy atom. The van der Waals surface area contributed by atoms with Crippen molar-refractivity contribution in [2.45, 2.75) is 52.5 Å². The van der Waals surface area contributed by atoms with Gasteiger partial charge in [-0.1, -0.05) is 33.6 Å². The van der Waals surface area contributed by atoms with E-state index in [0.717, 1.165) is 19.5 Å². The quantitative estimate of drug-likeness (QED) is 0.778. The van der Waals surface area contributed by atoms with Gasteiger partial charge in [-0.25, -0.2) is 0 Å². The van der Waals surface area contributed by atoms with Crippen LogP contribution >= 0.6 is 0 Å². The van der Waals surface area contributed by atoms with E-state index in [1.807, 2.05) is 0 Å². The van der Waals surface area contributed by atoms with Gasteiger partial charge in [0.25, 0.3) is 0 Å². The SMILES string of the molecule is CCN(CC)CC(=O)NC1CCCCC1C. The smallest absolute Gasteiger partial charge is 0.234 e. The first-order valence-corrected chi connectivity index (χ1v) is 6.69. The summed E-state index contributed by atoms with van der Waals surface area (Å²) in [5, 5.41) is 3.19. The number of nitrogens with zero attached hydrogens (tertiary/aromatic N) is 1. The van der Waals surface area contributed by atoms with E-state index in [4.69, 9.17) is 0 Å². The molecule has 1 fully saturated rings. The van der Waals surface area contributed by atoms with Gasteiger partial charge in [0.05, 0.1) is 6.54 Å². The second-order valence-electron chi connectivity index (χ2n) is 4.90. The number of likely N-dealkylation sites (N-methyl/N-ethyl adjacent to an activating group) is 1. The minimum Gasteiger partial charge on any atom is -0.352 e. The Hall–Kier alpha value is -0.570. The molecule has 0 radical (unpaired) electrons. The van der Waals surface area contributed by atoms with Gasteiger partial charge in [0.2, 0.25) is 5.91 Å². The second kappa shape index (κ2) is 6.89. The molecule has 2 atom stereocenters. The van der Waals surface area contributed by atoms with Crippen molar-refractivity contribution < 1.29 is 4.79 Å². The van der Waals surface area contributed by atoms with Gasteiger partial charge in [0, 0.05) is 6.04 Å². The molecule has 0 aromatic heterocycles. The first-order valence-electron chi connectivity index (χ1n) is 6.69. The van der Waals surface area contributed by atoms with Crippen molar-refractivity contribution >= 4 is 5.91 Å². The van der Waals surface area contributed by atoms with Gasteiger partial charge in [-0.2, -0.15) is 0 Å². The maximum Gasteiger partial charge on any atom is 0.234 e. The molecule has 0 aromatic carbocycles. The lowest BCUT2D eigenvalue weighted by molar-refractivity contribution is -0.123. The molecule has 0 saturated heterocycles. The topological polar surface area (TPSA) is 32.3 Å². The number of hydrogen-bond donors (Lipinski definition) is 1. The van der Waals surface area contributed by atoms with E-state index >= 15 is 0 Å². The van der Waals surface area contributed by atoms with Crippen LogP contribution in [0.4, 0.5) is 0 Å². The molecule has 3 nitrogen and oxygen atoms in total. The predicted molar refractivity (Wildman–Crippen MR) is 67.4 cm³/mol. The zero-order valence-corrected chi connectivity index (χ0v) is 11.0. The molecule has 3 heteroatoms. The summed E-state index contributed by atoms with van der Waals surface area (Å²) >= 11 is 0. The molecule has 1 saturated carbocycles. The molecule has 16 heavy (non-hydrogen) atoms. The highest BCUT2D eigenvalue weighted by molar-refractivity contribution is 5.78. The highest BCUT2D eigenvalue weighted by Crippen LogP contribution is 2.23. The van der Waals surface area contributed by atoms with E-state index in [1.165, 1.54) is 19.3 Å². The van der Waals surface area contributed by atoms with E-state index in [0.29, 0.717) is 18.5 Å². The lowest BCUT2D eigenvalue weighted by Crippen LogP contribution is -2.45. The van der Waals surface area contributed by atoms with E-state index in [2.05, 4.69) is 31.0 Å². The number of hydrogen-bond acceptors (Lipinski definition) is 2. The lowest BCUT2D eigenvalue weighted by Gasteiger charge is -2.30. The Morgan fingerprint density at radius 1 is 1.25 bits per heavy atom. The number of nitrogens with one attached hydrogen (secondary N) is 1. The van der Waals surface area contributed by atoms with Crippen molar-refractivity contribution in [3.8, 4) is 0 Å². The number of carbonyl (C=O) groups is 1. The van der Waals surface area contributed by atoms with Gasteiger partial charge < -0.3 is 5.32 Å². The normalized spacial score (nSPS) is 25.8. The minimum absolute atomic E-state index is 0.197. The highest BCUT2D eigenvalue weighted by atomic mass is 16.2. The van der Waals surface area contributed by atoms with Crippen LogP contribution in [-0.2, 0) is 4.79 Å². The molecule has 1 aliphatic rings. The van der Waals surface area contributed by atoms with Crippen molar-refractivity contribution in [1.82, 2.24) is 10.2 Å². The Morgan fingerprint density at radius 3 is 2.44 bits per heavy atom. The molecule has 1 N–H and O–H groups in total. The van der Waals surface area contributed by atoms with Crippen molar-refractivity contribution in [3.05, 3.63) is 0 Å². The molecule has 0 aliphatic heterocycles. The van der Waals surface area contributed by atoms with Crippen LogP contribution in [0.1, 0.15) is 46.5 Å². The fourth-order valence-electron chi connectivity index (χ4n) is 2.43. The van der Waals surface area contributed by atoms with Crippen molar-refractivity contribution in [2.75, 3.05) is 19.6 Å². The Bertz CT molecular complexity index is 214. The van der Waals surface area contributed by atoms with Crippen LogP contribution in [0.15, 0.2) is 0 Å². The van der Waals surface area contributed by atoms with Gasteiger partial charge in [-0.3, -0.25) is 9.69 Å². The molecule has 0 bridgehead atoms. The van der Waals surface area contributed by atoms with Crippen LogP contribution in [-0.4, -0.2) is 36.5 Å². The predicted octanol–water partition coefficient (Wildman–Crippen LogP) is 2.02. The lowest BCUT2D eigenvalue weighted by atomic mass is 9.86. The average Bonchev–Trinajstić information content (AvgIpc) is 2.29. The fourth-order valence-corrected chi connectivity index (χ4v) is 2.43. The summed E-state index contributed by atoms with van der Waals surface area (Å²) in [5.41, 5.74) is 0. The van der Waals surface area contributed by atoms with Gasteiger partial charge in [-0.05, 0) is 31.8 Å². The largest absolute Gasteiger partial charge is 0.352 e. The van der Waals surface area contributed by atoms with Gasteiger partial charge in [0.1, 0.15) is 0 Å². The van der Waals surface area contributed by atoms with Crippen molar-refractivity contribution in [1.29, 1.82) is 0 Å². The zero-order valence-electron chi connectivity index (χ0n) is 11.0.